The molecule has 0 aliphatic carbocycles. The Balaban J connectivity index is 2.68. The van der Waals surface area contributed by atoms with E-state index < -0.39 is 0 Å². The number of rotatable bonds is 6. The molecule has 4 heteroatoms. The Morgan fingerprint density at radius 3 is 2.71 bits per heavy atom. The number of halogens is 1. The molecule has 0 fully saturated rings. The molecule has 0 amide bonds. The van der Waals surface area contributed by atoms with Gasteiger partial charge in [-0.25, -0.2) is 0 Å². The summed E-state index contributed by atoms with van der Waals surface area (Å²) in [6.07, 6.45) is 3.47. The van der Waals surface area contributed by atoms with Gasteiger partial charge >= 0.3 is 0 Å². The lowest BCUT2D eigenvalue weighted by Gasteiger charge is -2.31. The fourth-order valence-electron chi connectivity index (χ4n) is 1.72. The minimum absolute atomic E-state index is 0.134. The van der Waals surface area contributed by atoms with Crippen LogP contribution in [0.1, 0.15) is 26.3 Å². The Morgan fingerprint density at radius 2 is 2.18 bits per heavy atom. The predicted octanol–water partition coefficient (Wildman–Crippen LogP) is 2.54. The summed E-state index contributed by atoms with van der Waals surface area (Å²) in [6.45, 7) is 10.0. The van der Waals surface area contributed by atoms with E-state index in [1.807, 2.05) is 6.07 Å². The first kappa shape index (κ1) is 14.4. The summed E-state index contributed by atoms with van der Waals surface area (Å²) >= 11 is 6.12. The van der Waals surface area contributed by atoms with Crippen molar-refractivity contribution in [1.29, 1.82) is 0 Å². The third-order valence-electron chi connectivity index (χ3n) is 2.90. The van der Waals surface area contributed by atoms with Gasteiger partial charge in [0.25, 0.3) is 0 Å². The molecule has 0 aromatic carbocycles. The lowest BCUT2D eigenvalue weighted by atomic mass is 9.93. The standard InChI is InChI=1S/C13H22ClN3/c1-4-17(10-13(2,3)9-15)8-11-5-6-16-7-12(11)14/h5-7H,4,8-10,15H2,1-3H3. The van der Waals surface area contributed by atoms with Gasteiger partial charge in [-0.15, -0.1) is 0 Å². The molecule has 0 atom stereocenters. The molecule has 1 heterocycles. The van der Waals surface area contributed by atoms with Crippen molar-refractivity contribution in [2.45, 2.75) is 27.3 Å². The fourth-order valence-corrected chi connectivity index (χ4v) is 1.90. The van der Waals surface area contributed by atoms with Crippen LogP contribution in [0.4, 0.5) is 0 Å². The van der Waals surface area contributed by atoms with Crippen molar-refractivity contribution in [2.75, 3.05) is 19.6 Å². The molecule has 2 N–H and O–H groups in total. The first-order chi connectivity index (χ1) is 7.98. The molecule has 96 valence electrons. The highest BCUT2D eigenvalue weighted by atomic mass is 35.5. The molecule has 17 heavy (non-hydrogen) atoms. The second kappa shape index (κ2) is 6.34. The normalized spacial score (nSPS) is 12.1. The molecule has 0 aliphatic rings. The summed E-state index contributed by atoms with van der Waals surface area (Å²) in [6, 6.07) is 1.97. The van der Waals surface area contributed by atoms with E-state index in [-0.39, 0.29) is 5.41 Å². The van der Waals surface area contributed by atoms with Crippen molar-refractivity contribution in [2.24, 2.45) is 11.1 Å². The zero-order valence-electron chi connectivity index (χ0n) is 10.9. The summed E-state index contributed by atoms with van der Waals surface area (Å²) in [4.78, 5) is 6.35. The molecule has 1 aromatic rings. The van der Waals surface area contributed by atoms with Crippen LogP contribution in [0.15, 0.2) is 18.5 Å². The van der Waals surface area contributed by atoms with Crippen LogP contribution in [0, 0.1) is 5.41 Å². The average molecular weight is 256 g/mol. The van der Waals surface area contributed by atoms with E-state index in [0.29, 0.717) is 6.54 Å². The van der Waals surface area contributed by atoms with Crippen LogP contribution < -0.4 is 5.73 Å². The van der Waals surface area contributed by atoms with Crippen LogP contribution in [0.5, 0.6) is 0 Å². The zero-order valence-corrected chi connectivity index (χ0v) is 11.7. The number of pyridine rings is 1. The van der Waals surface area contributed by atoms with Crippen molar-refractivity contribution >= 4 is 11.6 Å². The smallest absolute Gasteiger partial charge is 0.0634 e. The van der Waals surface area contributed by atoms with Crippen LogP contribution in [-0.2, 0) is 6.54 Å². The Labute approximate surface area is 109 Å². The Kier molecular flexibility index (Phi) is 5.37. The summed E-state index contributed by atoms with van der Waals surface area (Å²) in [5, 5.41) is 0.733. The largest absolute Gasteiger partial charge is 0.330 e. The molecule has 0 bridgehead atoms. The Bertz CT molecular complexity index is 352. The van der Waals surface area contributed by atoms with E-state index in [0.717, 1.165) is 30.2 Å². The monoisotopic (exact) mass is 255 g/mol. The molecular weight excluding hydrogens is 234 g/mol. The summed E-state index contributed by atoms with van der Waals surface area (Å²) < 4.78 is 0. The quantitative estimate of drug-likeness (QED) is 0.850. The number of nitrogens with zero attached hydrogens (tertiary/aromatic N) is 2. The van der Waals surface area contributed by atoms with Crippen molar-refractivity contribution in [3.8, 4) is 0 Å². The molecule has 3 nitrogen and oxygen atoms in total. The molecule has 0 radical (unpaired) electrons. The number of hydrogen-bond donors (Lipinski definition) is 1. The Morgan fingerprint density at radius 1 is 1.47 bits per heavy atom. The van der Waals surface area contributed by atoms with E-state index in [4.69, 9.17) is 17.3 Å². The molecular formula is C13H22ClN3. The maximum atomic E-state index is 6.12. The predicted molar refractivity (Wildman–Crippen MR) is 73.0 cm³/mol. The first-order valence-electron chi connectivity index (χ1n) is 5.99. The van der Waals surface area contributed by atoms with E-state index in [1.165, 1.54) is 0 Å². The summed E-state index contributed by atoms with van der Waals surface area (Å²) in [5.41, 5.74) is 7.03. The maximum Gasteiger partial charge on any atom is 0.0634 e. The summed E-state index contributed by atoms with van der Waals surface area (Å²) in [5.74, 6) is 0. The van der Waals surface area contributed by atoms with Crippen LogP contribution >= 0.6 is 11.6 Å². The third kappa shape index (κ3) is 4.62. The third-order valence-corrected chi connectivity index (χ3v) is 3.24. The van der Waals surface area contributed by atoms with Crippen molar-refractivity contribution < 1.29 is 0 Å². The molecule has 1 aromatic heterocycles. The lowest BCUT2D eigenvalue weighted by Crippen LogP contribution is -2.38. The fraction of sp³-hybridized carbons (Fsp3) is 0.615. The first-order valence-corrected chi connectivity index (χ1v) is 6.37. The van der Waals surface area contributed by atoms with Gasteiger partial charge in [-0.3, -0.25) is 9.88 Å². The minimum atomic E-state index is 0.134. The van der Waals surface area contributed by atoms with E-state index in [2.05, 4.69) is 30.7 Å². The maximum absolute atomic E-state index is 6.12. The molecule has 0 aliphatic heterocycles. The van der Waals surface area contributed by atoms with Gasteiger partial charge in [0, 0.05) is 25.5 Å². The van der Waals surface area contributed by atoms with Gasteiger partial charge in [0.1, 0.15) is 0 Å². The van der Waals surface area contributed by atoms with Gasteiger partial charge in [-0.1, -0.05) is 32.4 Å². The highest BCUT2D eigenvalue weighted by Gasteiger charge is 2.19. The van der Waals surface area contributed by atoms with Crippen LogP contribution in [-0.4, -0.2) is 29.5 Å². The second-order valence-corrected chi connectivity index (χ2v) is 5.55. The van der Waals surface area contributed by atoms with Crippen molar-refractivity contribution in [3.63, 3.8) is 0 Å². The molecule has 0 unspecified atom stereocenters. The second-order valence-electron chi connectivity index (χ2n) is 5.14. The van der Waals surface area contributed by atoms with Gasteiger partial charge in [-0.05, 0) is 30.1 Å². The summed E-state index contributed by atoms with van der Waals surface area (Å²) in [7, 11) is 0. The van der Waals surface area contributed by atoms with Gasteiger partial charge in [-0.2, -0.15) is 0 Å². The van der Waals surface area contributed by atoms with Crippen LogP contribution in [0.3, 0.4) is 0 Å². The van der Waals surface area contributed by atoms with E-state index in [9.17, 15) is 0 Å². The van der Waals surface area contributed by atoms with Crippen LogP contribution in [0.25, 0.3) is 0 Å². The molecule has 0 saturated heterocycles. The van der Waals surface area contributed by atoms with Crippen molar-refractivity contribution in [3.05, 3.63) is 29.0 Å². The Hall–Kier alpha value is -0.640. The number of hydrogen-bond acceptors (Lipinski definition) is 3. The SMILES string of the molecule is CCN(Cc1ccncc1Cl)CC(C)(C)CN. The molecule has 1 rings (SSSR count). The van der Waals surface area contributed by atoms with Crippen molar-refractivity contribution in [1.82, 2.24) is 9.88 Å². The van der Waals surface area contributed by atoms with Gasteiger partial charge < -0.3 is 5.73 Å². The van der Waals surface area contributed by atoms with Gasteiger partial charge in [0.05, 0.1) is 5.02 Å². The zero-order chi connectivity index (χ0) is 12.9. The van der Waals surface area contributed by atoms with E-state index >= 15 is 0 Å². The highest BCUT2D eigenvalue weighted by molar-refractivity contribution is 6.31. The van der Waals surface area contributed by atoms with Gasteiger partial charge in [0.2, 0.25) is 0 Å². The lowest BCUT2D eigenvalue weighted by molar-refractivity contribution is 0.183. The minimum Gasteiger partial charge on any atom is -0.330 e. The topological polar surface area (TPSA) is 42.2 Å². The average Bonchev–Trinajstić information content (AvgIpc) is 2.31. The molecule has 0 saturated carbocycles. The van der Waals surface area contributed by atoms with E-state index in [1.54, 1.807) is 12.4 Å². The van der Waals surface area contributed by atoms with Gasteiger partial charge in [0.15, 0.2) is 0 Å². The number of aromatic nitrogens is 1. The molecule has 0 spiro atoms. The number of nitrogens with two attached hydrogens (primary N) is 1. The van der Waals surface area contributed by atoms with Crippen LogP contribution in [0.2, 0.25) is 5.02 Å². The highest BCUT2D eigenvalue weighted by Crippen LogP contribution is 2.19.